The Bertz CT molecular complexity index is 428. The summed E-state index contributed by atoms with van der Waals surface area (Å²) in [5.41, 5.74) is 1.28. The van der Waals surface area contributed by atoms with E-state index in [2.05, 4.69) is 10.3 Å². The molecule has 2 heterocycles. The van der Waals surface area contributed by atoms with Crippen LogP contribution in [0.2, 0.25) is 0 Å². The van der Waals surface area contributed by atoms with Crippen LogP contribution >= 0.6 is 0 Å². The maximum Gasteiger partial charge on any atom is 0.270 e. The zero-order valence-electron chi connectivity index (χ0n) is 10.7. The fraction of sp³-hybridized carbons (Fsp3) is 0.538. The van der Waals surface area contributed by atoms with Gasteiger partial charge in [-0.3, -0.25) is 4.79 Å². The fourth-order valence-corrected chi connectivity index (χ4v) is 1.95. The zero-order chi connectivity index (χ0) is 13.0. The van der Waals surface area contributed by atoms with E-state index in [9.17, 15) is 4.79 Å². The minimum Gasteiger partial charge on any atom is -0.481 e. The van der Waals surface area contributed by atoms with Gasteiger partial charge < -0.3 is 14.8 Å². The standard InChI is InChI=1S/C13H18N2O3/c1-9-3-4-11(17-2)15-12(9)13(16)14-10-5-7-18-8-6-10/h3-4,10H,5-8H2,1-2H3,(H,14,16). The van der Waals surface area contributed by atoms with Crippen LogP contribution in [0.3, 0.4) is 0 Å². The maximum atomic E-state index is 12.1. The molecule has 1 saturated heterocycles. The summed E-state index contributed by atoms with van der Waals surface area (Å²) in [5, 5.41) is 2.99. The molecule has 1 N–H and O–H groups in total. The van der Waals surface area contributed by atoms with Crippen molar-refractivity contribution in [3.63, 3.8) is 0 Å². The topological polar surface area (TPSA) is 60.5 Å². The van der Waals surface area contributed by atoms with E-state index in [1.165, 1.54) is 7.11 Å². The summed E-state index contributed by atoms with van der Waals surface area (Å²) >= 11 is 0. The molecule has 1 aliphatic rings. The normalized spacial score (nSPS) is 16.3. The van der Waals surface area contributed by atoms with Gasteiger partial charge in [-0.15, -0.1) is 0 Å². The van der Waals surface area contributed by atoms with Crippen molar-refractivity contribution in [3.05, 3.63) is 23.4 Å². The van der Waals surface area contributed by atoms with Crippen LogP contribution in [0.25, 0.3) is 0 Å². The Hall–Kier alpha value is -1.62. The van der Waals surface area contributed by atoms with Gasteiger partial charge in [-0.2, -0.15) is 0 Å². The molecule has 0 radical (unpaired) electrons. The summed E-state index contributed by atoms with van der Waals surface area (Å²) in [6.07, 6.45) is 1.71. The van der Waals surface area contributed by atoms with Gasteiger partial charge in [-0.05, 0) is 25.3 Å². The van der Waals surface area contributed by atoms with Crippen molar-refractivity contribution < 1.29 is 14.3 Å². The molecule has 0 atom stereocenters. The van der Waals surface area contributed by atoms with Crippen LogP contribution in [-0.4, -0.2) is 37.3 Å². The lowest BCUT2D eigenvalue weighted by molar-refractivity contribution is 0.0693. The third-order valence-electron chi connectivity index (χ3n) is 3.05. The molecule has 0 aliphatic carbocycles. The van der Waals surface area contributed by atoms with Crippen LogP contribution < -0.4 is 10.1 Å². The summed E-state index contributed by atoms with van der Waals surface area (Å²) in [7, 11) is 1.54. The number of aryl methyl sites for hydroxylation is 1. The molecule has 1 aromatic rings. The number of carbonyl (C=O) groups is 1. The monoisotopic (exact) mass is 250 g/mol. The van der Waals surface area contributed by atoms with Gasteiger partial charge in [-0.1, -0.05) is 6.07 Å². The number of carbonyl (C=O) groups excluding carboxylic acids is 1. The number of nitrogens with one attached hydrogen (secondary N) is 1. The van der Waals surface area contributed by atoms with Crippen molar-refractivity contribution in [1.29, 1.82) is 0 Å². The maximum absolute atomic E-state index is 12.1. The van der Waals surface area contributed by atoms with Crippen LogP contribution in [0.4, 0.5) is 0 Å². The van der Waals surface area contributed by atoms with E-state index >= 15 is 0 Å². The fourth-order valence-electron chi connectivity index (χ4n) is 1.95. The van der Waals surface area contributed by atoms with Gasteiger partial charge in [0.05, 0.1) is 7.11 Å². The molecule has 1 amide bonds. The Balaban J connectivity index is 2.07. The average Bonchev–Trinajstić information content (AvgIpc) is 2.40. The number of ether oxygens (including phenoxy) is 2. The number of hydrogen-bond acceptors (Lipinski definition) is 4. The van der Waals surface area contributed by atoms with Crippen molar-refractivity contribution >= 4 is 5.91 Å². The van der Waals surface area contributed by atoms with Gasteiger partial charge in [0.15, 0.2) is 0 Å². The van der Waals surface area contributed by atoms with E-state index in [1.54, 1.807) is 6.07 Å². The van der Waals surface area contributed by atoms with E-state index < -0.39 is 0 Å². The first kappa shape index (κ1) is 12.8. The second-order valence-corrected chi connectivity index (χ2v) is 4.38. The van der Waals surface area contributed by atoms with Crippen LogP contribution in [0.15, 0.2) is 12.1 Å². The number of pyridine rings is 1. The third kappa shape index (κ3) is 2.98. The highest BCUT2D eigenvalue weighted by molar-refractivity contribution is 5.94. The Morgan fingerprint density at radius 3 is 2.83 bits per heavy atom. The van der Waals surface area contributed by atoms with E-state index in [0.29, 0.717) is 24.8 Å². The summed E-state index contributed by atoms with van der Waals surface area (Å²) in [6.45, 7) is 3.27. The zero-order valence-corrected chi connectivity index (χ0v) is 10.7. The minimum atomic E-state index is -0.140. The smallest absolute Gasteiger partial charge is 0.270 e. The summed E-state index contributed by atoms with van der Waals surface area (Å²) in [6, 6.07) is 3.77. The van der Waals surface area contributed by atoms with Crippen molar-refractivity contribution in [1.82, 2.24) is 10.3 Å². The molecule has 0 bridgehead atoms. The van der Waals surface area contributed by atoms with E-state index in [1.807, 2.05) is 13.0 Å². The quantitative estimate of drug-likeness (QED) is 0.878. The van der Waals surface area contributed by atoms with Crippen LogP contribution in [0.1, 0.15) is 28.9 Å². The predicted molar refractivity (Wildman–Crippen MR) is 66.8 cm³/mol. The molecule has 0 unspecified atom stereocenters. The molecule has 1 aromatic heterocycles. The number of hydrogen-bond donors (Lipinski definition) is 1. The molecule has 0 aromatic carbocycles. The molecule has 1 aliphatic heterocycles. The van der Waals surface area contributed by atoms with E-state index in [4.69, 9.17) is 9.47 Å². The lowest BCUT2D eigenvalue weighted by Gasteiger charge is -2.23. The second kappa shape index (κ2) is 5.82. The van der Waals surface area contributed by atoms with Crippen molar-refractivity contribution in [2.75, 3.05) is 20.3 Å². The first-order chi connectivity index (χ1) is 8.70. The first-order valence-corrected chi connectivity index (χ1v) is 6.11. The molecule has 5 heteroatoms. The first-order valence-electron chi connectivity index (χ1n) is 6.11. The molecule has 98 valence electrons. The number of rotatable bonds is 3. The van der Waals surface area contributed by atoms with Gasteiger partial charge >= 0.3 is 0 Å². The Morgan fingerprint density at radius 2 is 2.17 bits per heavy atom. The number of amides is 1. The number of nitrogens with zero attached hydrogens (tertiary/aromatic N) is 1. The average molecular weight is 250 g/mol. The third-order valence-corrected chi connectivity index (χ3v) is 3.05. The number of aromatic nitrogens is 1. The van der Waals surface area contributed by atoms with E-state index in [0.717, 1.165) is 18.4 Å². The lowest BCUT2D eigenvalue weighted by atomic mass is 10.1. The Morgan fingerprint density at radius 1 is 1.44 bits per heavy atom. The van der Waals surface area contributed by atoms with Crippen LogP contribution in [0, 0.1) is 6.92 Å². The number of methoxy groups -OCH3 is 1. The largest absolute Gasteiger partial charge is 0.481 e. The highest BCUT2D eigenvalue weighted by Gasteiger charge is 2.19. The van der Waals surface area contributed by atoms with Gasteiger partial charge in [0.1, 0.15) is 5.69 Å². The van der Waals surface area contributed by atoms with Crippen molar-refractivity contribution in [2.24, 2.45) is 0 Å². The molecule has 18 heavy (non-hydrogen) atoms. The molecular weight excluding hydrogens is 232 g/mol. The van der Waals surface area contributed by atoms with Crippen LogP contribution in [0.5, 0.6) is 5.88 Å². The molecule has 2 rings (SSSR count). The SMILES string of the molecule is COc1ccc(C)c(C(=O)NC2CCOCC2)n1. The van der Waals surface area contributed by atoms with Crippen molar-refractivity contribution in [2.45, 2.75) is 25.8 Å². The van der Waals surface area contributed by atoms with Gasteiger partial charge in [0.2, 0.25) is 5.88 Å². The van der Waals surface area contributed by atoms with Crippen molar-refractivity contribution in [3.8, 4) is 5.88 Å². The Labute approximate surface area is 107 Å². The van der Waals surface area contributed by atoms with Gasteiger partial charge in [0.25, 0.3) is 5.91 Å². The Kier molecular flexibility index (Phi) is 4.15. The highest BCUT2D eigenvalue weighted by Crippen LogP contribution is 2.13. The predicted octanol–water partition coefficient (Wildman–Crippen LogP) is 1.31. The summed E-state index contributed by atoms with van der Waals surface area (Å²) in [4.78, 5) is 16.3. The van der Waals surface area contributed by atoms with Gasteiger partial charge in [-0.25, -0.2) is 4.98 Å². The highest BCUT2D eigenvalue weighted by atomic mass is 16.5. The van der Waals surface area contributed by atoms with E-state index in [-0.39, 0.29) is 11.9 Å². The summed E-state index contributed by atoms with van der Waals surface area (Å²) < 4.78 is 10.3. The molecule has 5 nitrogen and oxygen atoms in total. The molecule has 1 fully saturated rings. The van der Waals surface area contributed by atoms with Gasteiger partial charge in [0, 0.05) is 25.3 Å². The molecular formula is C13H18N2O3. The molecule has 0 saturated carbocycles. The lowest BCUT2D eigenvalue weighted by Crippen LogP contribution is -2.39. The molecule has 0 spiro atoms. The second-order valence-electron chi connectivity index (χ2n) is 4.38. The minimum absolute atomic E-state index is 0.140. The summed E-state index contributed by atoms with van der Waals surface area (Å²) in [5.74, 6) is 0.316. The van der Waals surface area contributed by atoms with Crippen LogP contribution in [-0.2, 0) is 4.74 Å².